The molecule has 0 heterocycles. The predicted octanol–water partition coefficient (Wildman–Crippen LogP) is 2.40. The molecular formula is C16H24N2O2. The van der Waals surface area contributed by atoms with Crippen molar-refractivity contribution in [3.8, 4) is 0 Å². The summed E-state index contributed by atoms with van der Waals surface area (Å²) in [6.07, 6.45) is 5.81. The van der Waals surface area contributed by atoms with Crippen molar-refractivity contribution in [1.29, 1.82) is 0 Å². The highest BCUT2D eigenvalue weighted by atomic mass is 16.3. The number of rotatable bonds is 5. The van der Waals surface area contributed by atoms with E-state index in [1.807, 2.05) is 18.2 Å². The van der Waals surface area contributed by atoms with Gasteiger partial charge in [0, 0.05) is 30.3 Å². The lowest BCUT2D eigenvalue weighted by atomic mass is 9.74. The maximum atomic E-state index is 11.6. The second kappa shape index (κ2) is 6.75. The van der Waals surface area contributed by atoms with E-state index in [2.05, 4.69) is 10.6 Å². The molecule has 1 fully saturated rings. The molecule has 1 aliphatic carbocycles. The summed E-state index contributed by atoms with van der Waals surface area (Å²) in [6, 6.07) is 7.49. The molecule has 110 valence electrons. The zero-order valence-corrected chi connectivity index (χ0v) is 12.1. The van der Waals surface area contributed by atoms with E-state index in [0.29, 0.717) is 5.56 Å². The minimum atomic E-state index is -0.0804. The average molecular weight is 276 g/mol. The van der Waals surface area contributed by atoms with E-state index in [-0.39, 0.29) is 17.9 Å². The van der Waals surface area contributed by atoms with Gasteiger partial charge in [-0.3, -0.25) is 4.79 Å². The van der Waals surface area contributed by atoms with Crippen molar-refractivity contribution < 1.29 is 9.90 Å². The summed E-state index contributed by atoms with van der Waals surface area (Å²) < 4.78 is 0. The Labute approximate surface area is 120 Å². The third-order valence-electron chi connectivity index (χ3n) is 4.27. The topological polar surface area (TPSA) is 61.4 Å². The normalized spacial score (nSPS) is 17.5. The van der Waals surface area contributed by atoms with Crippen molar-refractivity contribution in [2.24, 2.45) is 5.41 Å². The number of anilines is 1. The molecule has 0 radical (unpaired) electrons. The molecule has 3 N–H and O–H groups in total. The van der Waals surface area contributed by atoms with Crippen LogP contribution in [0.2, 0.25) is 0 Å². The smallest absolute Gasteiger partial charge is 0.251 e. The van der Waals surface area contributed by atoms with E-state index in [1.54, 1.807) is 13.1 Å². The number of carbonyl (C=O) groups excluding carboxylic acids is 1. The van der Waals surface area contributed by atoms with Crippen molar-refractivity contribution in [2.75, 3.05) is 25.5 Å². The zero-order chi connectivity index (χ0) is 14.4. The highest BCUT2D eigenvalue weighted by molar-refractivity contribution is 5.94. The van der Waals surface area contributed by atoms with Crippen LogP contribution in [-0.4, -0.2) is 31.2 Å². The third kappa shape index (κ3) is 3.51. The Balaban J connectivity index is 2.01. The van der Waals surface area contributed by atoms with E-state index in [1.165, 1.54) is 19.3 Å². The lowest BCUT2D eigenvalue weighted by Gasteiger charge is -2.36. The van der Waals surface area contributed by atoms with Crippen molar-refractivity contribution in [2.45, 2.75) is 32.1 Å². The fourth-order valence-corrected chi connectivity index (χ4v) is 2.90. The predicted molar refractivity (Wildman–Crippen MR) is 80.9 cm³/mol. The molecule has 0 spiro atoms. The molecule has 1 saturated carbocycles. The zero-order valence-electron chi connectivity index (χ0n) is 12.1. The Morgan fingerprint density at radius 1 is 1.30 bits per heavy atom. The maximum Gasteiger partial charge on any atom is 0.251 e. The number of hydrogen-bond donors (Lipinski definition) is 3. The largest absolute Gasteiger partial charge is 0.396 e. The number of carbonyl (C=O) groups is 1. The second-order valence-corrected chi connectivity index (χ2v) is 5.73. The monoisotopic (exact) mass is 276 g/mol. The van der Waals surface area contributed by atoms with Gasteiger partial charge in [0.25, 0.3) is 5.91 Å². The first-order valence-corrected chi connectivity index (χ1v) is 7.36. The van der Waals surface area contributed by atoms with Crippen molar-refractivity contribution in [3.63, 3.8) is 0 Å². The summed E-state index contributed by atoms with van der Waals surface area (Å²) in [7, 11) is 1.63. The Hall–Kier alpha value is -1.55. The second-order valence-electron chi connectivity index (χ2n) is 5.73. The van der Waals surface area contributed by atoms with Gasteiger partial charge in [-0.15, -0.1) is 0 Å². The molecule has 1 amide bonds. The molecule has 0 saturated heterocycles. The average Bonchev–Trinajstić information content (AvgIpc) is 2.53. The molecule has 0 aliphatic heterocycles. The van der Waals surface area contributed by atoms with Crippen LogP contribution in [0.4, 0.5) is 5.69 Å². The first-order chi connectivity index (χ1) is 9.69. The van der Waals surface area contributed by atoms with Gasteiger partial charge >= 0.3 is 0 Å². The highest BCUT2D eigenvalue weighted by Crippen LogP contribution is 2.36. The van der Waals surface area contributed by atoms with Gasteiger partial charge in [0.2, 0.25) is 0 Å². The lowest BCUT2D eigenvalue weighted by Crippen LogP contribution is -2.35. The molecule has 1 aromatic carbocycles. The van der Waals surface area contributed by atoms with Crippen LogP contribution < -0.4 is 10.6 Å². The van der Waals surface area contributed by atoms with Crippen LogP contribution in [0.3, 0.4) is 0 Å². The molecule has 20 heavy (non-hydrogen) atoms. The molecule has 4 nitrogen and oxygen atoms in total. The number of amides is 1. The van der Waals surface area contributed by atoms with E-state index in [0.717, 1.165) is 25.1 Å². The summed E-state index contributed by atoms with van der Waals surface area (Å²) >= 11 is 0. The van der Waals surface area contributed by atoms with Gasteiger partial charge in [0.1, 0.15) is 0 Å². The van der Waals surface area contributed by atoms with Crippen LogP contribution in [0, 0.1) is 5.41 Å². The summed E-state index contributed by atoms with van der Waals surface area (Å²) in [4.78, 5) is 11.6. The van der Waals surface area contributed by atoms with Gasteiger partial charge in [-0.1, -0.05) is 25.3 Å². The van der Waals surface area contributed by atoms with Crippen molar-refractivity contribution >= 4 is 11.6 Å². The van der Waals surface area contributed by atoms with Crippen LogP contribution in [0.5, 0.6) is 0 Å². The standard InChI is InChI=1S/C16H24N2O2/c1-17-15(20)13-6-5-7-14(10-13)18-11-16(12-19)8-3-2-4-9-16/h5-7,10,18-19H,2-4,8-9,11-12H2,1H3,(H,17,20). The minimum absolute atomic E-state index is 0.00126. The number of benzene rings is 1. The van der Waals surface area contributed by atoms with Gasteiger partial charge < -0.3 is 15.7 Å². The van der Waals surface area contributed by atoms with Crippen LogP contribution in [0.15, 0.2) is 24.3 Å². The summed E-state index contributed by atoms with van der Waals surface area (Å²) in [5, 5.41) is 15.7. The molecule has 1 aromatic rings. The first-order valence-electron chi connectivity index (χ1n) is 7.36. The van der Waals surface area contributed by atoms with E-state index in [9.17, 15) is 9.90 Å². The van der Waals surface area contributed by atoms with E-state index < -0.39 is 0 Å². The molecule has 2 rings (SSSR count). The summed E-state index contributed by atoms with van der Waals surface area (Å²) in [5.74, 6) is -0.0804. The van der Waals surface area contributed by atoms with Crippen LogP contribution in [-0.2, 0) is 0 Å². The minimum Gasteiger partial charge on any atom is -0.396 e. The first kappa shape index (κ1) is 14.9. The molecule has 0 bridgehead atoms. The van der Waals surface area contributed by atoms with Gasteiger partial charge in [-0.25, -0.2) is 0 Å². The molecule has 0 aromatic heterocycles. The van der Waals surface area contributed by atoms with Crippen LogP contribution in [0.1, 0.15) is 42.5 Å². The van der Waals surface area contributed by atoms with Crippen LogP contribution >= 0.6 is 0 Å². The van der Waals surface area contributed by atoms with E-state index in [4.69, 9.17) is 0 Å². The summed E-state index contributed by atoms with van der Waals surface area (Å²) in [6.45, 7) is 0.996. The highest BCUT2D eigenvalue weighted by Gasteiger charge is 2.31. The quantitative estimate of drug-likeness (QED) is 0.774. The third-order valence-corrected chi connectivity index (χ3v) is 4.27. The molecule has 4 heteroatoms. The summed E-state index contributed by atoms with van der Waals surface area (Å²) in [5.41, 5.74) is 1.59. The van der Waals surface area contributed by atoms with Gasteiger partial charge in [0.15, 0.2) is 0 Å². The van der Waals surface area contributed by atoms with E-state index >= 15 is 0 Å². The lowest BCUT2D eigenvalue weighted by molar-refractivity contribution is 0.0943. The molecule has 0 atom stereocenters. The fraction of sp³-hybridized carbons (Fsp3) is 0.562. The number of nitrogens with one attached hydrogen (secondary N) is 2. The Morgan fingerprint density at radius 3 is 2.70 bits per heavy atom. The van der Waals surface area contributed by atoms with Gasteiger partial charge in [-0.05, 0) is 31.0 Å². The molecule has 1 aliphatic rings. The van der Waals surface area contributed by atoms with Crippen LogP contribution in [0.25, 0.3) is 0 Å². The van der Waals surface area contributed by atoms with Gasteiger partial charge in [-0.2, -0.15) is 0 Å². The Bertz CT molecular complexity index is 454. The fourth-order valence-electron chi connectivity index (χ4n) is 2.90. The molecular weight excluding hydrogens is 252 g/mol. The maximum absolute atomic E-state index is 11.6. The van der Waals surface area contributed by atoms with Gasteiger partial charge in [0.05, 0.1) is 6.61 Å². The number of aliphatic hydroxyl groups is 1. The van der Waals surface area contributed by atoms with Crippen molar-refractivity contribution in [3.05, 3.63) is 29.8 Å². The molecule has 0 unspecified atom stereocenters. The number of aliphatic hydroxyl groups excluding tert-OH is 1. The van der Waals surface area contributed by atoms with Crippen molar-refractivity contribution in [1.82, 2.24) is 5.32 Å². The Morgan fingerprint density at radius 2 is 2.05 bits per heavy atom. The number of hydrogen-bond acceptors (Lipinski definition) is 3. The Kier molecular flexibility index (Phi) is 5.01. The SMILES string of the molecule is CNC(=O)c1cccc(NCC2(CO)CCCCC2)c1.